The van der Waals surface area contributed by atoms with Crippen LogP contribution in [0.15, 0.2) is 29.2 Å². The number of anilines is 1. The molecular formula is C18H23N5O2. The number of amides is 1. The zero-order valence-electron chi connectivity index (χ0n) is 14.8. The second kappa shape index (κ2) is 7.04. The Morgan fingerprint density at radius 1 is 1.40 bits per heavy atom. The molecule has 0 spiro atoms. The van der Waals surface area contributed by atoms with Gasteiger partial charge in [0.05, 0.1) is 0 Å². The summed E-state index contributed by atoms with van der Waals surface area (Å²) < 4.78 is 0. The molecule has 2 aromatic rings. The first-order chi connectivity index (χ1) is 12.0. The van der Waals surface area contributed by atoms with E-state index in [1.165, 1.54) is 6.07 Å². The van der Waals surface area contributed by atoms with E-state index in [0.29, 0.717) is 12.2 Å². The average molecular weight is 341 g/mol. The Bertz CT molecular complexity index is 813. The standard InChI is InChI=1S/C18H23N5O2/c1-4-13-10-16(24)21-17(20-13)12-7-8-15(19-11-12)23-9-5-6-14(23)18(25)22(2)3/h7-8,10-11,14H,4-6,9H2,1-3H3,(H,20,21,24)/t14-/m1/s1. The maximum absolute atomic E-state index is 12.3. The molecule has 132 valence electrons. The van der Waals surface area contributed by atoms with Crippen LogP contribution in [0.4, 0.5) is 5.82 Å². The first-order valence-corrected chi connectivity index (χ1v) is 8.54. The molecule has 1 atom stereocenters. The summed E-state index contributed by atoms with van der Waals surface area (Å²) in [5, 5.41) is 0. The number of rotatable bonds is 4. The van der Waals surface area contributed by atoms with E-state index in [9.17, 15) is 9.59 Å². The van der Waals surface area contributed by atoms with Gasteiger partial charge in [0.2, 0.25) is 5.91 Å². The molecule has 1 saturated heterocycles. The molecule has 1 aliphatic rings. The van der Waals surface area contributed by atoms with Crippen LogP contribution in [0.3, 0.4) is 0 Å². The molecule has 0 saturated carbocycles. The smallest absolute Gasteiger partial charge is 0.251 e. The van der Waals surface area contributed by atoms with Crippen molar-refractivity contribution in [1.29, 1.82) is 0 Å². The molecule has 0 bridgehead atoms. The number of pyridine rings is 1. The summed E-state index contributed by atoms with van der Waals surface area (Å²) in [7, 11) is 3.55. The highest BCUT2D eigenvalue weighted by molar-refractivity contribution is 5.85. The lowest BCUT2D eigenvalue weighted by Gasteiger charge is -2.27. The van der Waals surface area contributed by atoms with E-state index in [0.717, 1.165) is 36.5 Å². The van der Waals surface area contributed by atoms with Crippen LogP contribution in [0, 0.1) is 0 Å². The van der Waals surface area contributed by atoms with Gasteiger partial charge in [-0.1, -0.05) is 6.92 Å². The Kier molecular flexibility index (Phi) is 4.83. The minimum Gasteiger partial charge on any atom is -0.347 e. The number of likely N-dealkylation sites (N-methyl/N-ethyl adjacent to an activating group) is 1. The Hall–Kier alpha value is -2.70. The number of H-pyrrole nitrogens is 1. The van der Waals surface area contributed by atoms with Crippen LogP contribution in [0.5, 0.6) is 0 Å². The fourth-order valence-corrected chi connectivity index (χ4v) is 3.12. The number of hydrogen-bond donors (Lipinski definition) is 1. The molecule has 1 aliphatic heterocycles. The molecule has 3 heterocycles. The van der Waals surface area contributed by atoms with Gasteiger partial charge in [0.15, 0.2) is 0 Å². The molecule has 3 rings (SSSR count). The molecule has 7 nitrogen and oxygen atoms in total. The molecule has 0 aromatic carbocycles. The minimum atomic E-state index is -0.165. The second-order valence-electron chi connectivity index (χ2n) is 6.43. The third-order valence-electron chi connectivity index (χ3n) is 4.45. The maximum Gasteiger partial charge on any atom is 0.251 e. The maximum atomic E-state index is 12.3. The molecule has 1 fully saturated rings. The molecule has 0 aliphatic carbocycles. The zero-order valence-corrected chi connectivity index (χ0v) is 14.8. The Morgan fingerprint density at radius 3 is 2.84 bits per heavy atom. The summed E-state index contributed by atoms with van der Waals surface area (Å²) in [5.74, 6) is 1.39. The van der Waals surface area contributed by atoms with Crippen LogP contribution in [0.2, 0.25) is 0 Å². The lowest BCUT2D eigenvalue weighted by Crippen LogP contribution is -2.43. The van der Waals surface area contributed by atoms with Crippen LogP contribution in [0.25, 0.3) is 11.4 Å². The first kappa shape index (κ1) is 17.1. The van der Waals surface area contributed by atoms with Crippen molar-refractivity contribution in [2.75, 3.05) is 25.5 Å². The fraction of sp³-hybridized carbons (Fsp3) is 0.444. The zero-order chi connectivity index (χ0) is 18.0. The Labute approximate surface area is 146 Å². The monoisotopic (exact) mass is 341 g/mol. The number of nitrogens with zero attached hydrogens (tertiary/aromatic N) is 4. The van der Waals surface area contributed by atoms with Crippen molar-refractivity contribution in [3.05, 3.63) is 40.4 Å². The van der Waals surface area contributed by atoms with Gasteiger partial charge in [0.25, 0.3) is 5.56 Å². The van der Waals surface area contributed by atoms with Gasteiger partial charge in [-0.05, 0) is 31.4 Å². The van der Waals surface area contributed by atoms with Crippen molar-refractivity contribution >= 4 is 11.7 Å². The van der Waals surface area contributed by atoms with Crippen LogP contribution in [0.1, 0.15) is 25.5 Å². The fourth-order valence-electron chi connectivity index (χ4n) is 3.12. The Balaban J connectivity index is 1.86. The van der Waals surface area contributed by atoms with E-state index >= 15 is 0 Å². The molecule has 0 radical (unpaired) electrons. The van der Waals surface area contributed by atoms with Gasteiger partial charge in [0.1, 0.15) is 17.7 Å². The van der Waals surface area contributed by atoms with Crippen molar-refractivity contribution in [3.63, 3.8) is 0 Å². The van der Waals surface area contributed by atoms with Crippen LogP contribution < -0.4 is 10.5 Å². The summed E-state index contributed by atoms with van der Waals surface area (Å²) in [4.78, 5) is 39.4. The number of aryl methyl sites for hydroxylation is 1. The van der Waals surface area contributed by atoms with Crippen molar-refractivity contribution < 1.29 is 4.79 Å². The van der Waals surface area contributed by atoms with Crippen molar-refractivity contribution in [2.45, 2.75) is 32.2 Å². The molecule has 7 heteroatoms. The number of carbonyl (C=O) groups is 1. The van der Waals surface area contributed by atoms with Crippen molar-refractivity contribution in [1.82, 2.24) is 19.9 Å². The molecule has 1 amide bonds. The van der Waals surface area contributed by atoms with Gasteiger partial charge in [0, 0.05) is 44.2 Å². The van der Waals surface area contributed by atoms with Gasteiger partial charge in [-0.15, -0.1) is 0 Å². The van der Waals surface area contributed by atoms with Gasteiger partial charge in [-0.2, -0.15) is 0 Å². The lowest BCUT2D eigenvalue weighted by molar-refractivity contribution is -0.129. The van der Waals surface area contributed by atoms with Crippen LogP contribution >= 0.6 is 0 Å². The number of aromatic amines is 1. The van der Waals surface area contributed by atoms with Crippen LogP contribution in [-0.2, 0) is 11.2 Å². The third-order valence-corrected chi connectivity index (χ3v) is 4.45. The molecule has 25 heavy (non-hydrogen) atoms. The molecule has 2 aromatic heterocycles. The van der Waals surface area contributed by atoms with Gasteiger partial charge >= 0.3 is 0 Å². The van der Waals surface area contributed by atoms with Crippen molar-refractivity contribution in [3.8, 4) is 11.4 Å². The van der Waals surface area contributed by atoms with Gasteiger partial charge in [-0.25, -0.2) is 9.97 Å². The highest BCUT2D eigenvalue weighted by atomic mass is 16.2. The lowest BCUT2D eigenvalue weighted by atomic mass is 10.2. The predicted octanol–water partition coefficient (Wildman–Crippen LogP) is 1.45. The minimum absolute atomic E-state index is 0.102. The third kappa shape index (κ3) is 3.55. The second-order valence-corrected chi connectivity index (χ2v) is 6.43. The predicted molar refractivity (Wildman–Crippen MR) is 96.5 cm³/mol. The normalized spacial score (nSPS) is 16.9. The van der Waals surface area contributed by atoms with Crippen molar-refractivity contribution in [2.24, 2.45) is 0 Å². The molecular weight excluding hydrogens is 318 g/mol. The van der Waals surface area contributed by atoms with E-state index in [1.807, 2.05) is 24.0 Å². The van der Waals surface area contributed by atoms with Crippen LogP contribution in [-0.4, -0.2) is 52.4 Å². The average Bonchev–Trinajstić information content (AvgIpc) is 3.10. The van der Waals surface area contributed by atoms with E-state index in [-0.39, 0.29) is 17.5 Å². The quantitative estimate of drug-likeness (QED) is 0.910. The first-order valence-electron chi connectivity index (χ1n) is 8.54. The summed E-state index contributed by atoms with van der Waals surface area (Å²) in [6.45, 7) is 2.78. The SMILES string of the molecule is CCc1cc(=O)[nH]c(-c2ccc(N3CCC[C@@H]3C(=O)N(C)C)nc2)n1. The highest BCUT2D eigenvalue weighted by Gasteiger charge is 2.32. The number of hydrogen-bond acceptors (Lipinski definition) is 5. The van der Waals surface area contributed by atoms with Gasteiger partial charge in [-0.3, -0.25) is 9.59 Å². The summed E-state index contributed by atoms with van der Waals surface area (Å²) >= 11 is 0. The summed E-state index contributed by atoms with van der Waals surface area (Å²) in [6.07, 6.45) is 4.21. The largest absolute Gasteiger partial charge is 0.347 e. The summed E-state index contributed by atoms with van der Waals surface area (Å²) in [6, 6.07) is 5.12. The number of carbonyl (C=O) groups excluding carboxylic acids is 1. The van der Waals surface area contributed by atoms with Gasteiger partial charge < -0.3 is 14.8 Å². The van der Waals surface area contributed by atoms with E-state index in [2.05, 4.69) is 15.0 Å². The van der Waals surface area contributed by atoms with E-state index < -0.39 is 0 Å². The molecule has 0 unspecified atom stereocenters. The molecule has 1 N–H and O–H groups in total. The Morgan fingerprint density at radius 2 is 2.20 bits per heavy atom. The summed E-state index contributed by atoms with van der Waals surface area (Å²) in [5.41, 5.74) is 1.34. The van der Waals surface area contributed by atoms with E-state index in [1.54, 1.807) is 25.2 Å². The van der Waals surface area contributed by atoms with E-state index in [4.69, 9.17) is 0 Å². The number of nitrogens with one attached hydrogen (secondary N) is 1. The highest BCUT2D eigenvalue weighted by Crippen LogP contribution is 2.26. The number of aromatic nitrogens is 3. The topological polar surface area (TPSA) is 82.2 Å².